The van der Waals surface area contributed by atoms with E-state index in [2.05, 4.69) is 16.1 Å². The minimum absolute atomic E-state index is 0.0905. The number of nitrogens with one attached hydrogen (secondary N) is 3. The summed E-state index contributed by atoms with van der Waals surface area (Å²) in [5, 5.41) is 7.06. The molecule has 0 saturated heterocycles. The summed E-state index contributed by atoms with van der Waals surface area (Å²) in [6.07, 6.45) is 0. The first kappa shape index (κ1) is 25.1. The van der Waals surface area contributed by atoms with Crippen LogP contribution in [0.25, 0.3) is 10.9 Å². The van der Waals surface area contributed by atoms with Gasteiger partial charge in [0.2, 0.25) is 0 Å². The highest BCUT2D eigenvalue weighted by Gasteiger charge is 2.23. The highest BCUT2D eigenvalue weighted by molar-refractivity contribution is 6.38. The first-order valence-electron chi connectivity index (χ1n) is 10.9. The maximum absolute atomic E-state index is 13.3. The molecule has 36 heavy (non-hydrogen) atoms. The van der Waals surface area contributed by atoms with Crippen LogP contribution in [0.2, 0.25) is 10.0 Å². The number of carbonyl (C=O) groups excluding carboxylic acids is 3. The Morgan fingerprint density at radius 2 is 1.67 bits per heavy atom. The number of hydrogen-bond acceptors (Lipinski definition) is 4. The molecule has 0 saturated carbocycles. The van der Waals surface area contributed by atoms with E-state index in [1.54, 1.807) is 73.7 Å². The molecule has 3 amide bonds. The second-order valence-electron chi connectivity index (χ2n) is 7.88. The molecule has 0 aliphatic rings. The number of para-hydroxylation sites is 1. The number of ether oxygens (including phenoxy) is 1. The van der Waals surface area contributed by atoms with Gasteiger partial charge in [-0.3, -0.25) is 19.8 Å². The van der Waals surface area contributed by atoms with Gasteiger partial charge in [0.25, 0.3) is 5.91 Å². The van der Waals surface area contributed by atoms with Crippen molar-refractivity contribution >= 4 is 57.5 Å². The van der Waals surface area contributed by atoms with Crippen LogP contribution in [0, 0.1) is 6.92 Å². The predicted octanol–water partition coefficient (Wildman–Crippen LogP) is 4.90. The Hall–Kier alpha value is -4.01. The van der Waals surface area contributed by atoms with Crippen molar-refractivity contribution in [1.29, 1.82) is 0 Å². The Kier molecular flexibility index (Phi) is 7.47. The lowest BCUT2D eigenvalue weighted by Gasteiger charge is -2.15. The van der Waals surface area contributed by atoms with Gasteiger partial charge in [0.15, 0.2) is 0 Å². The van der Waals surface area contributed by atoms with Crippen molar-refractivity contribution in [3.05, 3.63) is 93.6 Å². The van der Waals surface area contributed by atoms with Crippen molar-refractivity contribution in [3.63, 3.8) is 0 Å². The molecule has 3 N–H and O–H groups in total. The number of carbonyl (C=O) groups is 3. The molecule has 0 spiro atoms. The quantitative estimate of drug-likeness (QED) is 0.312. The molecule has 0 fully saturated rings. The standard InChI is InChI=1S/C26H22Cl2N4O4/c1-15-19(28)6-4-7-20(15)30-24(33)21-13-17-5-3-8-22(36-2)23(17)32(21)31-26(35)25(34)29-14-16-9-11-18(27)12-10-16/h3-13H,14H2,1-2H3,(H,29,34)(H,30,33)(H,31,35). The first-order valence-corrected chi connectivity index (χ1v) is 11.6. The molecule has 10 heteroatoms. The van der Waals surface area contributed by atoms with Gasteiger partial charge in [-0.05, 0) is 54.4 Å². The van der Waals surface area contributed by atoms with Crippen molar-refractivity contribution in [2.75, 3.05) is 17.9 Å². The molecule has 4 aromatic rings. The van der Waals surface area contributed by atoms with Crippen molar-refractivity contribution in [1.82, 2.24) is 9.99 Å². The van der Waals surface area contributed by atoms with E-state index in [1.165, 1.54) is 11.8 Å². The summed E-state index contributed by atoms with van der Waals surface area (Å²) in [5.41, 5.74) is 5.02. The van der Waals surface area contributed by atoms with Gasteiger partial charge in [-0.15, -0.1) is 0 Å². The third-order valence-electron chi connectivity index (χ3n) is 5.54. The molecule has 1 heterocycles. The summed E-state index contributed by atoms with van der Waals surface area (Å²) in [6.45, 7) is 1.91. The van der Waals surface area contributed by atoms with Gasteiger partial charge in [-0.2, -0.15) is 0 Å². The van der Waals surface area contributed by atoms with Gasteiger partial charge in [0, 0.05) is 27.7 Å². The van der Waals surface area contributed by atoms with Crippen molar-refractivity contribution in [2.45, 2.75) is 13.5 Å². The molecule has 0 aliphatic heterocycles. The first-order chi connectivity index (χ1) is 17.3. The molecule has 1 aromatic heterocycles. The lowest BCUT2D eigenvalue weighted by atomic mass is 10.2. The van der Waals surface area contributed by atoms with Crippen LogP contribution in [0.4, 0.5) is 5.69 Å². The number of hydrogen-bond donors (Lipinski definition) is 3. The van der Waals surface area contributed by atoms with E-state index in [0.717, 1.165) is 5.56 Å². The number of halogens is 2. The zero-order valence-corrected chi connectivity index (χ0v) is 20.9. The molecule has 8 nitrogen and oxygen atoms in total. The third-order valence-corrected chi connectivity index (χ3v) is 6.20. The number of methoxy groups -OCH3 is 1. The van der Waals surface area contributed by atoms with E-state index in [9.17, 15) is 14.4 Å². The fourth-order valence-corrected chi connectivity index (χ4v) is 3.92. The largest absolute Gasteiger partial charge is 0.494 e. The number of amides is 3. The zero-order valence-electron chi connectivity index (χ0n) is 19.4. The molecule has 0 bridgehead atoms. The zero-order chi connectivity index (χ0) is 25.8. The molecule has 3 aromatic carbocycles. The minimum Gasteiger partial charge on any atom is -0.494 e. The van der Waals surface area contributed by atoms with Crippen LogP contribution in [0.1, 0.15) is 21.6 Å². The van der Waals surface area contributed by atoms with Crippen molar-refractivity contribution in [3.8, 4) is 5.75 Å². The van der Waals surface area contributed by atoms with Crippen LogP contribution < -0.4 is 20.8 Å². The Morgan fingerprint density at radius 3 is 2.39 bits per heavy atom. The Balaban J connectivity index is 1.62. The van der Waals surface area contributed by atoms with Gasteiger partial charge in [0.05, 0.1) is 7.11 Å². The Morgan fingerprint density at radius 1 is 0.944 bits per heavy atom. The average molecular weight is 525 g/mol. The van der Waals surface area contributed by atoms with Crippen LogP contribution in [0.3, 0.4) is 0 Å². The number of fused-ring (bicyclic) bond motifs is 1. The molecule has 184 valence electrons. The molecule has 0 aliphatic carbocycles. The lowest BCUT2D eigenvalue weighted by Crippen LogP contribution is -2.39. The van der Waals surface area contributed by atoms with Crippen LogP contribution in [-0.4, -0.2) is 29.5 Å². The monoisotopic (exact) mass is 524 g/mol. The Bertz CT molecular complexity index is 1470. The van der Waals surface area contributed by atoms with Gasteiger partial charge < -0.3 is 15.4 Å². The summed E-state index contributed by atoms with van der Waals surface area (Å²) < 4.78 is 6.68. The minimum atomic E-state index is -0.958. The fraction of sp³-hybridized carbons (Fsp3) is 0.115. The SMILES string of the molecule is COc1cccc2cc(C(=O)Nc3cccc(Cl)c3C)n(NC(=O)C(=O)NCc3ccc(Cl)cc3)c12. The number of aromatic nitrogens is 1. The van der Waals surface area contributed by atoms with Gasteiger partial charge in [-0.25, -0.2) is 4.68 Å². The van der Waals surface area contributed by atoms with Gasteiger partial charge in [0.1, 0.15) is 17.0 Å². The molecular formula is C26H22Cl2N4O4. The fourth-order valence-electron chi connectivity index (χ4n) is 3.62. The predicted molar refractivity (Wildman–Crippen MR) is 140 cm³/mol. The van der Waals surface area contributed by atoms with Crippen LogP contribution in [0.15, 0.2) is 66.7 Å². The summed E-state index contributed by atoms with van der Waals surface area (Å²) >= 11 is 12.1. The summed E-state index contributed by atoms with van der Waals surface area (Å²) in [5.74, 6) is -1.94. The molecule has 0 radical (unpaired) electrons. The number of benzene rings is 3. The number of rotatable bonds is 6. The average Bonchev–Trinajstić information content (AvgIpc) is 3.24. The number of nitrogens with zero attached hydrogens (tertiary/aromatic N) is 1. The maximum Gasteiger partial charge on any atom is 0.328 e. The Labute approximate surface area is 217 Å². The topological polar surface area (TPSA) is 101 Å². The smallest absolute Gasteiger partial charge is 0.328 e. The molecule has 0 unspecified atom stereocenters. The van der Waals surface area contributed by atoms with Gasteiger partial charge >= 0.3 is 11.8 Å². The van der Waals surface area contributed by atoms with Crippen LogP contribution in [0.5, 0.6) is 5.75 Å². The normalized spacial score (nSPS) is 10.7. The van der Waals surface area contributed by atoms with E-state index in [1.807, 2.05) is 0 Å². The summed E-state index contributed by atoms with van der Waals surface area (Å²) in [7, 11) is 1.47. The van der Waals surface area contributed by atoms with E-state index < -0.39 is 17.7 Å². The van der Waals surface area contributed by atoms with Crippen molar-refractivity contribution < 1.29 is 19.1 Å². The summed E-state index contributed by atoms with van der Waals surface area (Å²) in [4.78, 5) is 38.6. The van der Waals surface area contributed by atoms with Crippen LogP contribution >= 0.6 is 23.2 Å². The highest BCUT2D eigenvalue weighted by atomic mass is 35.5. The molecule has 0 atom stereocenters. The van der Waals surface area contributed by atoms with E-state index >= 15 is 0 Å². The second-order valence-corrected chi connectivity index (χ2v) is 8.72. The van der Waals surface area contributed by atoms with Crippen LogP contribution in [-0.2, 0) is 16.1 Å². The van der Waals surface area contributed by atoms with E-state index in [4.69, 9.17) is 27.9 Å². The van der Waals surface area contributed by atoms with Gasteiger partial charge in [-0.1, -0.05) is 53.5 Å². The maximum atomic E-state index is 13.3. The number of anilines is 1. The van der Waals surface area contributed by atoms with E-state index in [0.29, 0.717) is 37.9 Å². The third kappa shape index (κ3) is 5.30. The second kappa shape index (κ2) is 10.7. The molecular weight excluding hydrogens is 503 g/mol. The lowest BCUT2D eigenvalue weighted by molar-refractivity contribution is -0.136. The highest BCUT2D eigenvalue weighted by Crippen LogP contribution is 2.29. The molecule has 4 rings (SSSR count). The van der Waals surface area contributed by atoms with E-state index in [-0.39, 0.29) is 12.2 Å². The summed E-state index contributed by atoms with van der Waals surface area (Å²) in [6, 6.07) is 18.8. The van der Waals surface area contributed by atoms with Crippen molar-refractivity contribution in [2.24, 2.45) is 0 Å².